The van der Waals surface area contributed by atoms with Crippen molar-refractivity contribution in [2.24, 2.45) is 0 Å². The largest absolute Gasteiger partial charge is 0.495 e. The lowest BCUT2D eigenvalue weighted by Gasteiger charge is -2.26. The summed E-state index contributed by atoms with van der Waals surface area (Å²) in [7, 11) is -2.64. The van der Waals surface area contributed by atoms with E-state index in [-0.39, 0.29) is 29.5 Å². The summed E-state index contributed by atoms with van der Waals surface area (Å²) < 4.78 is 35.2. The summed E-state index contributed by atoms with van der Waals surface area (Å²) in [4.78, 5) is 18.9. The van der Waals surface area contributed by atoms with E-state index in [2.05, 4.69) is 31.2 Å². The highest BCUT2D eigenvalue weighted by molar-refractivity contribution is 9.10. The van der Waals surface area contributed by atoms with Gasteiger partial charge in [0, 0.05) is 23.3 Å². The van der Waals surface area contributed by atoms with E-state index in [1.165, 1.54) is 36.1 Å². The number of benzene rings is 2. The van der Waals surface area contributed by atoms with Crippen LogP contribution in [0.15, 0.2) is 64.4 Å². The molecule has 11 heteroatoms. The number of nitrogens with zero attached hydrogens (tertiary/aromatic N) is 2. The number of H-pyrrole nitrogens is 1. The maximum atomic E-state index is 13.8. The topological polar surface area (TPSA) is 125 Å². The zero-order valence-corrected chi connectivity index (χ0v) is 21.1. The first-order valence-corrected chi connectivity index (χ1v) is 13.0. The maximum Gasteiger partial charge on any atom is 0.273 e. The van der Waals surface area contributed by atoms with E-state index >= 15 is 0 Å². The highest BCUT2D eigenvalue weighted by atomic mass is 79.9. The smallest absolute Gasteiger partial charge is 0.273 e. The van der Waals surface area contributed by atoms with Gasteiger partial charge in [0.05, 0.1) is 25.3 Å². The number of ether oxygens (including phenoxy) is 1. The highest BCUT2D eigenvalue weighted by Gasteiger charge is 2.29. The Balaban J connectivity index is 1.94. The van der Waals surface area contributed by atoms with E-state index < -0.39 is 15.9 Å². The molecular weight excluding hydrogens is 524 g/mol. The number of rotatable bonds is 12. The van der Waals surface area contributed by atoms with Gasteiger partial charge in [-0.05, 0) is 55.3 Å². The van der Waals surface area contributed by atoms with Crippen molar-refractivity contribution in [2.45, 2.75) is 30.6 Å². The second-order valence-corrected chi connectivity index (χ2v) is 10.2. The second-order valence-electron chi connectivity index (χ2n) is 7.48. The van der Waals surface area contributed by atoms with Crippen molar-refractivity contribution in [1.82, 2.24) is 9.97 Å². The monoisotopic (exact) mass is 550 g/mol. The summed E-state index contributed by atoms with van der Waals surface area (Å²) in [6.07, 6.45) is 5.65. The van der Waals surface area contributed by atoms with Crippen molar-refractivity contribution in [2.75, 3.05) is 29.9 Å². The van der Waals surface area contributed by atoms with Gasteiger partial charge in [-0.2, -0.15) is 0 Å². The Kier molecular flexibility index (Phi) is 9.08. The molecule has 3 rings (SSSR count). The van der Waals surface area contributed by atoms with Crippen LogP contribution in [0.2, 0.25) is 0 Å². The quantitative estimate of drug-likeness (QED) is 0.290. The van der Waals surface area contributed by atoms with Crippen LogP contribution in [0.4, 0.5) is 11.4 Å². The number of amides is 1. The van der Waals surface area contributed by atoms with Crippen LogP contribution in [0.5, 0.6) is 5.75 Å². The lowest BCUT2D eigenvalue weighted by molar-refractivity contribution is 0.102. The molecule has 9 nitrogen and oxygen atoms in total. The van der Waals surface area contributed by atoms with Gasteiger partial charge in [-0.1, -0.05) is 28.8 Å². The molecule has 0 atom stereocenters. The van der Waals surface area contributed by atoms with E-state index in [0.29, 0.717) is 24.2 Å². The first kappa shape index (κ1) is 25.7. The average molecular weight is 551 g/mol. The van der Waals surface area contributed by atoms with Crippen molar-refractivity contribution in [1.29, 1.82) is 0 Å². The minimum Gasteiger partial charge on any atom is -0.495 e. The van der Waals surface area contributed by atoms with Crippen LogP contribution < -0.4 is 14.4 Å². The van der Waals surface area contributed by atoms with Gasteiger partial charge in [-0.3, -0.25) is 9.10 Å². The Bertz CT molecular complexity index is 1180. The number of aliphatic hydroxyl groups is 1. The van der Waals surface area contributed by atoms with Crippen LogP contribution in [-0.4, -0.2) is 49.7 Å². The molecule has 0 saturated carbocycles. The molecule has 0 saturated heterocycles. The first-order valence-electron chi connectivity index (χ1n) is 10.7. The highest BCUT2D eigenvalue weighted by Crippen LogP contribution is 2.33. The summed E-state index contributed by atoms with van der Waals surface area (Å²) in [5.41, 5.74) is 1.07. The molecule has 1 amide bonds. The van der Waals surface area contributed by atoms with Crippen molar-refractivity contribution in [3.05, 3.63) is 65.2 Å². The first-order chi connectivity index (χ1) is 16.4. The number of carbonyl (C=O) groups excluding carboxylic acids is 1. The molecule has 0 unspecified atom stereocenters. The Morgan fingerprint density at radius 2 is 1.88 bits per heavy atom. The molecule has 0 fully saturated rings. The predicted molar refractivity (Wildman–Crippen MR) is 134 cm³/mol. The Morgan fingerprint density at radius 3 is 2.53 bits per heavy atom. The zero-order valence-electron chi connectivity index (χ0n) is 18.7. The molecule has 0 bridgehead atoms. The number of methoxy groups -OCH3 is 1. The molecule has 3 aromatic rings. The van der Waals surface area contributed by atoms with Crippen LogP contribution in [0.1, 0.15) is 36.2 Å². The zero-order chi connectivity index (χ0) is 24.6. The summed E-state index contributed by atoms with van der Waals surface area (Å²) in [5, 5.41) is 11.7. The molecular formula is C23H27BrN4O5S. The number of unbranched alkanes of at least 4 members (excludes halogenated alkanes) is 3. The fourth-order valence-corrected chi connectivity index (χ4v) is 5.32. The number of sulfonamides is 1. The van der Waals surface area contributed by atoms with Crippen LogP contribution in [-0.2, 0) is 10.0 Å². The molecule has 0 aliphatic carbocycles. The van der Waals surface area contributed by atoms with Crippen molar-refractivity contribution < 1.29 is 23.1 Å². The van der Waals surface area contributed by atoms with Gasteiger partial charge in [-0.15, -0.1) is 0 Å². The number of carbonyl (C=O) groups is 1. The molecule has 0 aliphatic heterocycles. The van der Waals surface area contributed by atoms with E-state index in [1.54, 1.807) is 30.3 Å². The third kappa shape index (κ3) is 6.37. The summed E-state index contributed by atoms with van der Waals surface area (Å²) in [5.74, 6) is -0.276. The Hall–Kier alpha value is -2.89. The fourth-order valence-electron chi connectivity index (χ4n) is 3.37. The van der Waals surface area contributed by atoms with Crippen LogP contribution in [0.3, 0.4) is 0 Å². The summed E-state index contributed by atoms with van der Waals surface area (Å²) in [6, 6.07) is 11.5. The van der Waals surface area contributed by atoms with Crippen molar-refractivity contribution >= 4 is 43.2 Å². The molecule has 0 spiro atoms. The van der Waals surface area contributed by atoms with Crippen molar-refractivity contribution in [3.63, 3.8) is 0 Å². The molecule has 1 heterocycles. The standard InChI is InChI=1S/C23H27BrN4O5S/c1-33-21-11-8-18(27-23(30)20-15-25-16-26-20)14-22(21)34(31,32)28(12-4-2-3-5-13-29)19-9-6-17(24)7-10-19/h6-11,14-16,29H,2-5,12-13H2,1H3,(H,25,26)(H,27,30). The third-order valence-corrected chi connectivity index (χ3v) is 7.49. The Morgan fingerprint density at radius 1 is 1.15 bits per heavy atom. The third-order valence-electron chi connectivity index (χ3n) is 5.12. The SMILES string of the molecule is COc1ccc(NC(=O)c2cnc[nH]2)cc1S(=O)(=O)N(CCCCCCO)c1ccc(Br)cc1. The van der Waals surface area contributed by atoms with Gasteiger partial charge in [0.25, 0.3) is 15.9 Å². The number of halogens is 1. The molecule has 182 valence electrons. The van der Waals surface area contributed by atoms with E-state index in [4.69, 9.17) is 9.84 Å². The van der Waals surface area contributed by atoms with Crippen LogP contribution >= 0.6 is 15.9 Å². The fraction of sp³-hybridized carbons (Fsp3) is 0.304. The number of aromatic nitrogens is 2. The summed E-state index contributed by atoms with van der Waals surface area (Å²) >= 11 is 3.38. The van der Waals surface area contributed by atoms with E-state index in [9.17, 15) is 13.2 Å². The average Bonchev–Trinajstić information content (AvgIpc) is 3.37. The normalized spacial score (nSPS) is 11.3. The number of hydrogen-bond acceptors (Lipinski definition) is 6. The van der Waals surface area contributed by atoms with Gasteiger partial charge < -0.3 is 20.1 Å². The van der Waals surface area contributed by atoms with Gasteiger partial charge in [0.15, 0.2) is 0 Å². The van der Waals surface area contributed by atoms with Gasteiger partial charge in [-0.25, -0.2) is 13.4 Å². The Labute approximate surface area is 207 Å². The van der Waals surface area contributed by atoms with Crippen molar-refractivity contribution in [3.8, 4) is 5.75 Å². The lowest BCUT2D eigenvalue weighted by atomic mass is 10.2. The van der Waals surface area contributed by atoms with Gasteiger partial charge in [0.2, 0.25) is 0 Å². The number of hydrogen-bond donors (Lipinski definition) is 3. The number of anilines is 2. The van der Waals surface area contributed by atoms with E-state index in [1.807, 2.05) is 0 Å². The number of nitrogens with one attached hydrogen (secondary N) is 2. The summed E-state index contributed by atoms with van der Waals surface area (Å²) in [6.45, 7) is 0.367. The number of aromatic amines is 1. The van der Waals surface area contributed by atoms with Gasteiger partial charge >= 0.3 is 0 Å². The van der Waals surface area contributed by atoms with Gasteiger partial charge in [0.1, 0.15) is 16.3 Å². The molecule has 0 radical (unpaired) electrons. The molecule has 34 heavy (non-hydrogen) atoms. The minimum absolute atomic E-state index is 0.0595. The molecule has 0 aliphatic rings. The van der Waals surface area contributed by atoms with E-state index in [0.717, 1.165) is 17.3 Å². The molecule has 1 aromatic heterocycles. The molecule has 3 N–H and O–H groups in total. The lowest BCUT2D eigenvalue weighted by Crippen LogP contribution is -2.32. The van der Waals surface area contributed by atoms with Crippen LogP contribution in [0, 0.1) is 0 Å². The predicted octanol–water partition coefficient (Wildman–Crippen LogP) is 4.18. The molecule has 2 aromatic carbocycles. The number of aliphatic hydroxyl groups excluding tert-OH is 1. The maximum absolute atomic E-state index is 13.8. The minimum atomic E-state index is -4.04. The number of imidazole rings is 1. The second kappa shape index (κ2) is 12.0. The van der Waals surface area contributed by atoms with Crippen LogP contribution in [0.25, 0.3) is 0 Å².